The van der Waals surface area contributed by atoms with Crippen molar-refractivity contribution in [2.75, 3.05) is 14.2 Å². The minimum atomic E-state index is -3.62. The van der Waals surface area contributed by atoms with Crippen LogP contribution in [0.4, 0.5) is 0 Å². The Hall–Kier alpha value is -2.87. The molecule has 0 bridgehead atoms. The van der Waals surface area contributed by atoms with E-state index in [1.54, 1.807) is 44.2 Å². The van der Waals surface area contributed by atoms with Gasteiger partial charge in [-0.05, 0) is 36.8 Å². The van der Waals surface area contributed by atoms with Gasteiger partial charge in [-0.3, -0.25) is 14.5 Å². The number of hydrogen-bond donors (Lipinski definition) is 1. The Morgan fingerprint density at radius 3 is 2.52 bits per heavy atom. The molecule has 0 aromatic heterocycles. The molecular formula is C19H21N3O4S. The molecule has 8 heteroatoms. The minimum absolute atomic E-state index is 0.176. The van der Waals surface area contributed by atoms with E-state index in [1.165, 1.54) is 6.07 Å². The Morgan fingerprint density at radius 2 is 1.85 bits per heavy atom. The second-order valence-electron chi connectivity index (χ2n) is 6.30. The van der Waals surface area contributed by atoms with Crippen LogP contribution in [0.2, 0.25) is 0 Å². The smallest absolute Gasteiger partial charge is 0.263 e. The number of sulfonamides is 1. The van der Waals surface area contributed by atoms with Crippen LogP contribution in [0, 0.1) is 0 Å². The van der Waals surface area contributed by atoms with Crippen molar-refractivity contribution >= 4 is 21.8 Å². The van der Waals surface area contributed by atoms with Crippen molar-refractivity contribution in [3.8, 4) is 5.75 Å². The van der Waals surface area contributed by atoms with Gasteiger partial charge in [-0.2, -0.15) is 0 Å². The summed E-state index contributed by atoms with van der Waals surface area (Å²) >= 11 is 0. The van der Waals surface area contributed by atoms with Crippen molar-refractivity contribution in [3.63, 3.8) is 0 Å². The number of nitrogens with one attached hydrogen (secondary N) is 1. The van der Waals surface area contributed by atoms with E-state index >= 15 is 0 Å². The molecule has 27 heavy (non-hydrogen) atoms. The number of fused-ring (bicyclic) bond motifs is 1. The Bertz CT molecular complexity index is 984. The van der Waals surface area contributed by atoms with Gasteiger partial charge in [0.05, 0.1) is 12.0 Å². The molecule has 142 valence electrons. The third-order valence-corrected chi connectivity index (χ3v) is 5.70. The molecule has 0 fully saturated rings. The fraction of sp³-hybridized carbons (Fsp3) is 0.263. The average molecular weight is 387 g/mol. The summed E-state index contributed by atoms with van der Waals surface area (Å²) in [6.45, 7) is 2.06. The highest BCUT2D eigenvalue weighted by Gasteiger charge is 2.31. The summed E-state index contributed by atoms with van der Waals surface area (Å²) in [5.74, 6) is 0.742. The summed E-state index contributed by atoms with van der Waals surface area (Å²) in [5, 5.41) is 0. The van der Waals surface area contributed by atoms with Crippen molar-refractivity contribution in [1.82, 2.24) is 9.62 Å². The van der Waals surface area contributed by atoms with Crippen molar-refractivity contribution < 1.29 is 17.9 Å². The van der Waals surface area contributed by atoms with Gasteiger partial charge in [-0.1, -0.05) is 24.3 Å². The average Bonchev–Trinajstić information content (AvgIpc) is 2.92. The van der Waals surface area contributed by atoms with Crippen LogP contribution in [0.3, 0.4) is 0 Å². The molecule has 1 aliphatic rings. The first-order valence-electron chi connectivity index (χ1n) is 8.40. The highest BCUT2D eigenvalue weighted by Crippen LogP contribution is 2.22. The zero-order valence-corrected chi connectivity index (χ0v) is 16.2. The lowest BCUT2D eigenvalue weighted by Gasteiger charge is -2.20. The van der Waals surface area contributed by atoms with E-state index in [4.69, 9.17) is 4.74 Å². The number of methoxy groups -OCH3 is 1. The zero-order chi connectivity index (χ0) is 19.6. The molecule has 7 nitrogen and oxygen atoms in total. The third-order valence-electron chi connectivity index (χ3n) is 4.30. The molecule has 0 aliphatic carbocycles. The molecule has 0 saturated carbocycles. The summed E-state index contributed by atoms with van der Waals surface area (Å²) in [5.41, 5.74) is 1.44. The predicted molar refractivity (Wildman–Crippen MR) is 102 cm³/mol. The van der Waals surface area contributed by atoms with E-state index in [-0.39, 0.29) is 16.6 Å². The quantitative estimate of drug-likeness (QED) is 0.847. The molecule has 3 rings (SSSR count). The Balaban J connectivity index is 1.74. The molecule has 0 saturated heterocycles. The first kappa shape index (κ1) is 18.9. The maximum Gasteiger partial charge on any atom is 0.263 e. The number of rotatable bonds is 5. The van der Waals surface area contributed by atoms with Gasteiger partial charge in [-0.25, -0.2) is 8.42 Å². The van der Waals surface area contributed by atoms with Crippen LogP contribution >= 0.6 is 0 Å². The van der Waals surface area contributed by atoms with Crippen molar-refractivity contribution in [1.29, 1.82) is 0 Å². The van der Waals surface area contributed by atoms with E-state index in [9.17, 15) is 13.2 Å². The number of amidine groups is 1. The SMILES string of the molecule is COc1ccc(CN(C)C(=O)[C@@H](C)N=C2NS(=O)(=O)c3ccccc32)cc1. The van der Waals surface area contributed by atoms with E-state index in [2.05, 4.69) is 9.71 Å². The molecule has 1 N–H and O–H groups in total. The Morgan fingerprint density at radius 1 is 1.19 bits per heavy atom. The summed E-state index contributed by atoms with van der Waals surface area (Å²) in [4.78, 5) is 18.7. The molecule has 2 aromatic carbocycles. The van der Waals surface area contributed by atoms with Crippen LogP contribution in [-0.2, 0) is 21.4 Å². The van der Waals surface area contributed by atoms with Crippen molar-refractivity contribution in [2.45, 2.75) is 24.4 Å². The molecule has 0 unspecified atom stereocenters. The maximum absolute atomic E-state index is 12.6. The third kappa shape index (κ3) is 3.95. The first-order chi connectivity index (χ1) is 12.8. The zero-order valence-electron chi connectivity index (χ0n) is 15.3. The molecule has 0 spiro atoms. The number of likely N-dealkylation sites (N-methyl/N-ethyl adjacent to an activating group) is 1. The van der Waals surface area contributed by atoms with E-state index in [1.807, 2.05) is 24.3 Å². The van der Waals surface area contributed by atoms with Gasteiger partial charge in [0.1, 0.15) is 17.6 Å². The van der Waals surface area contributed by atoms with Crippen LogP contribution in [0.15, 0.2) is 58.4 Å². The second-order valence-corrected chi connectivity index (χ2v) is 7.95. The first-order valence-corrected chi connectivity index (χ1v) is 9.88. The van der Waals surface area contributed by atoms with Gasteiger partial charge in [0.15, 0.2) is 0 Å². The number of benzene rings is 2. The molecule has 1 aliphatic heterocycles. The molecule has 1 atom stereocenters. The number of ether oxygens (including phenoxy) is 1. The van der Waals surface area contributed by atoms with Crippen molar-refractivity contribution in [2.24, 2.45) is 4.99 Å². The van der Waals surface area contributed by atoms with E-state index in [0.29, 0.717) is 12.1 Å². The van der Waals surface area contributed by atoms with Gasteiger partial charge in [0, 0.05) is 19.2 Å². The monoisotopic (exact) mass is 387 g/mol. The van der Waals surface area contributed by atoms with Gasteiger partial charge in [0.25, 0.3) is 10.0 Å². The summed E-state index contributed by atoms with van der Waals surface area (Å²) < 4.78 is 31.8. The summed E-state index contributed by atoms with van der Waals surface area (Å²) in [7, 11) is -0.330. The van der Waals surface area contributed by atoms with Gasteiger partial charge in [0.2, 0.25) is 5.91 Å². The highest BCUT2D eigenvalue weighted by atomic mass is 32.2. The summed E-state index contributed by atoms with van der Waals surface area (Å²) in [6, 6.07) is 13.3. The van der Waals surface area contributed by atoms with Gasteiger partial charge in [-0.15, -0.1) is 0 Å². The van der Waals surface area contributed by atoms with Crippen LogP contribution in [0.5, 0.6) is 5.75 Å². The van der Waals surface area contributed by atoms with Gasteiger partial charge < -0.3 is 9.64 Å². The molecule has 0 radical (unpaired) electrons. The predicted octanol–water partition coefficient (Wildman–Crippen LogP) is 1.78. The lowest BCUT2D eigenvalue weighted by Crippen LogP contribution is -2.35. The van der Waals surface area contributed by atoms with Crippen LogP contribution in [0.1, 0.15) is 18.1 Å². The molecule has 1 heterocycles. The van der Waals surface area contributed by atoms with Crippen LogP contribution in [-0.4, -0.2) is 45.3 Å². The number of nitrogens with zero attached hydrogens (tertiary/aromatic N) is 2. The standard InChI is InChI=1S/C19H21N3O4S/c1-13(19(23)22(2)12-14-8-10-15(26-3)11-9-14)20-18-16-6-4-5-7-17(16)27(24,25)21-18/h4-11,13H,12H2,1-3H3,(H,20,21)/t13-/m1/s1. The normalized spacial score (nSPS) is 17.1. The fourth-order valence-electron chi connectivity index (χ4n) is 2.88. The lowest BCUT2D eigenvalue weighted by atomic mass is 10.2. The van der Waals surface area contributed by atoms with Gasteiger partial charge >= 0.3 is 0 Å². The summed E-state index contributed by atoms with van der Waals surface area (Å²) in [6.07, 6.45) is 0. The Labute approximate surface area is 158 Å². The number of hydrogen-bond acceptors (Lipinski definition) is 5. The van der Waals surface area contributed by atoms with E-state index in [0.717, 1.165) is 11.3 Å². The Kier molecular flexibility index (Phi) is 5.18. The van der Waals surface area contributed by atoms with Crippen LogP contribution in [0.25, 0.3) is 0 Å². The number of amides is 1. The maximum atomic E-state index is 12.6. The van der Waals surface area contributed by atoms with Crippen LogP contribution < -0.4 is 9.46 Å². The minimum Gasteiger partial charge on any atom is -0.497 e. The topological polar surface area (TPSA) is 88.1 Å². The number of carbonyl (C=O) groups is 1. The largest absolute Gasteiger partial charge is 0.497 e. The van der Waals surface area contributed by atoms with E-state index < -0.39 is 16.1 Å². The second kappa shape index (κ2) is 7.40. The number of carbonyl (C=O) groups excluding carboxylic acids is 1. The number of aliphatic imine (C=N–C) groups is 1. The van der Waals surface area contributed by atoms with Crippen molar-refractivity contribution in [3.05, 3.63) is 59.7 Å². The molecular weight excluding hydrogens is 366 g/mol. The highest BCUT2D eigenvalue weighted by molar-refractivity contribution is 7.90. The molecule has 1 amide bonds. The lowest BCUT2D eigenvalue weighted by molar-refractivity contribution is -0.131. The molecule has 2 aromatic rings. The fourth-order valence-corrected chi connectivity index (χ4v) is 4.12.